The first-order valence-corrected chi connectivity index (χ1v) is 6.00. The monoisotopic (exact) mass is 229 g/mol. The fourth-order valence-electron chi connectivity index (χ4n) is 1.91. The number of anilines is 1. The lowest BCUT2D eigenvalue weighted by Crippen LogP contribution is -2.14. The van der Waals surface area contributed by atoms with Gasteiger partial charge in [0.1, 0.15) is 5.82 Å². The Balaban J connectivity index is 2.52. The normalized spacial score (nSPS) is 11.1. The van der Waals surface area contributed by atoms with Crippen LogP contribution in [0.15, 0.2) is 30.3 Å². The van der Waals surface area contributed by atoms with Crippen molar-refractivity contribution in [2.24, 2.45) is 0 Å². The van der Waals surface area contributed by atoms with E-state index >= 15 is 0 Å². The van der Waals surface area contributed by atoms with Crippen molar-refractivity contribution >= 4 is 16.6 Å². The molecular formula is C14H19N3. The molecule has 0 radical (unpaired) electrons. The number of hydrogen-bond donors (Lipinski definition) is 2. The smallest absolute Gasteiger partial charge is 0.134 e. The van der Waals surface area contributed by atoms with Crippen LogP contribution in [0.25, 0.3) is 10.8 Å². The number of nitrogens with one attached hydrogen (secondary N) is 2. The molecule has 2 aromatic rings. The van der Waals surface area contributed by atoms with Gasteiger partial charge >= 0.3 is 0 Å². The summed E-state index contributed by atoms with van der Waals surface area (Å²) in [5, 5.41) is 8.96. The van der Waals surface area contributed by atoms with E-state index in [2.05, 4.69) is 53.7 Å². The molecule has 90 valence electrons. The van der Waals surface area contributed by atoms with Crippen molar-refractivity contribution in [3.05, 3.63) is 36.0 Å². The zero-order valence-corrected chi connectivity index (χ0v) is 10.6. The molecule has 3 nitrogen and oxygen atoms in total. The van der Waals surface area contributed by atoms with Gasteiger partial charge in [0, 0.05) is 18.0 Å². The van der Waals surface area contributed by atoms with Crippen LogP contribution < -0.4 is 10.6 Å². The van der Waals surface area contributed by atoms with Crippen molar-refractivity contribution in [3.63, 3.8) is 0 Å². The van der Waals surface area contributed by atoms with Gasteiger partial charge < -0.3 is 10.6 Å². The molecule has 1 aromatic heterocycles. The lowest BCUT2D eigenvalue weighted by atomic mass is 10.1. The highest BCUT2D eigenvalue weighted by Crippen LogP contribution is 2.23. The summed E-state index contributed by atoms with van der Waals surface area (Å²) in [6.07, 6.45) is 0. The Morgan fingerprint density at radius 3 is 2.71 bits per heavy atom. The summed E-state index contributed by atoms with van der Waals surface area (Å²) in [4.78, 5) is 4.66. The van der Waals surface area contributed by atoms with Gasteiger partial charge in [-0.3, -0.25) is 0 Å². The number of pyridine rings is 1. The van der Waals surface area contributed by atoms with E-state index in [9.17, 15) is 0 Å². The standard InChI is InChI=1S/C14H19N3/c1-10(2)16-14-13-7-5-4-6-11(13)8-12(17-14)9-15-3/h4-8,10,15H,9H2,1-3H3,(H,16,17). The third kappa shape index (κ3) is 2.74. The molecule has 17 heavy (non-hydrogen) atoms. The first-order valence-electron chi connectivity index (χ1n) is 6.00. The largest absolute Gasteiger partial charge is 0.367 e. The van der Waals surface area contributed by atoms with Crippen molar-refractivity contribution in [3.8, 4) is 0 Å². The average molecular weight is 229 g/mol. The number of hydrogen-bond acceptors (Lipinski definition) is 3. The highest BCUT2D eigenvalue weighted by Gasteiger charge is 2.06. The zero-order valence-electron chi connectivity index (χ0n) is 10.6. The van der Waals surface area contributed by atoms with Gasteiger partial charge in [0.15, 0.2) is 0 Å². The predicted octanol–water partition coefficient (Wildman–Crippen LogP) is 2.77. The Labute approximate surface area is 102 Å². The van der Waals surface area contributed by atoms with Crippen LogP contribution in [0.2, 0.25) is 0 Å². The SMILES string of the molecule is CNCc1cc2ccccc2c(NC(C)C)n1. The van der Waals surface area contributed by atoms with Crippen LogP contribution in [-0.2, 0) is 6.54 Å². The molecule has 0 atom stereocenters. The van der Waals surface area contributed by atoms with E-state index in [4.69, 9.17) is 0 Å². The van der Waals surface area contributed by atoms with Crippen LogP contribution in [0.3, 0.4) is 0 Å². The molecule has 0 aliphatic heterocycles. The Kier molecular flexibility index (Phi) is 3.59. The third-order valence-electron chi connectivity index (χ3n) is 2.58. The van der Waals surface area contributed by atoms with Crippen molar-refractivity contribution in [2.75, 3.05) is 12.4 Å². The maximum absolute atomic E-state index is 4.66. The minimum absolute atomic E-state index is 0.385. The summed E-state index contributed by atoms with van der Waals surface area (Å²) in [5.74, 6) is 0.975. The highest BCUT2D eigenvalue weighted by atomic mass is 15.0. The van der Waals surface area contributed by atoms with Gasteiger partial charge in [-0.25, -0.2) is 4.98 Å². The minimum Gasteiger partial charge on any atom is -0.367 e. The Hall–Kier alpha value is -1.61. The van der Waals surface area contributed by atoms with Crippen molar-refractivity contribution in [1.82, 2.24) is 10.3 Å². The molecule has 3 heteroatoms. The molecule has 2 N–H and O–H groups in total. The van der Waals surface area contributed by atoms with Crippen LogP contribution in [0.5, 0.6) is 0 Å². The molecule has 0 aliphatic rings. The Morgan fingerprint density at radius 1 is 1.24 bits per heavy atom. The van der Waals surface area contributed by atoms with Gasteiger partial charge in [-0.2, -0.15) is 0 Å². The molecule has 1 aromatic carbocycles. The molecular weight excluding hydrogens is 210 g/mol. The maximum atomic E-state index is 4.66. The summed E-state index contributed by atoms with van der Waals surface area (Å²) in [7, 11) is 1.94. The second-order valence-electron chi connectivity index (χ2n) is 4.51. The van der Waals surface area contributed by atoms with E-state index in [0.717, 1.165) is 18.1 Å². The summed E-state index contributed by atoms with van der Waals surface area (Å²) >= 11 is 0. The lowest BCUT2D eigenvalue weighted by Gasteiger charge is -2.13. The van der Waals surface area contributed by atoms with Crippen molar-refractivity contribution in [1.29, 1.82) is 0 Å². The van der Waals surface area contributed by atoms with Crippen LogP contribution in [0.4, 0.5) is 5.82 Å². The molecule has 0 bridgehead atoms. The predicted molar refractivity (Wildman–Crippen MR) is 73.3 cm³/mol. The molecule has 0 unspecified atom stereocenters. The van der Waals surface area contributed by atoms with Gasteiger partial charge in [0.2, 0.25) is 0 Å². The Morgan fingerprint density at radius 2 is 2.00 bits per heavy atom. The summed E-state index contributed by atoms with van der Waals surface area (Å²) in [6.45, 7) is 5.04. The molecule has 2 rings (SSSR count). The van der Waals surface area contributed by atoms with Crippen LogP contribution in [-0.4, -0.2) is 18.1 Å². The van der Waals surface area contributed by atoms with E-state index in [1.165, 1.54) is 10.8 Å². The number of nitrogens with zero attached hydrogens (tertiary/aromatic N) is 1. The molecule has 0 fully saturated rings. The maximum Gasteiger partial charge on any atom is 0.134 e. The highest BCUT2D eigenvalue weighted by molar-refractivity contribution is 5.92. The second kappa shape index (κ2) is 5.15. The Bertz CT molecular complexity index is 506. The quantitative estimate of drug-likeness (QED) is 0.846. The van der Waals surface area contributed by atoms with Gasteiger partial charge in [0.05, 0.1) is 5.69 Å². The minimum atomic E-state index is 0.385. The summed E-state index contributed by atoms with van der Waals surface area (Å²) in [6, 6.07) is 10.9. The molecule has 0 aliphatic carbocycles. The van der Waals surface area contributed by atoms with Crippen LogP contribution in [0, 0.1) is 0 Å². The van der Waals surface area contributed by atoms with E-state index in [-0.39, 0.29) is 0 Å². The fourth-order valence-corrected chi connectivity index (χ4v) is 1.91. The summed E-state index contributed by atoms with van der Waals surface area (Å²) in [5.41, 5.74) is 1.06. The molecule has 0 spiro atoms. The molecule has 0 saturated carbocycles. The van der Waals surface area contributed by atoms with Gasteiger partial charge in [-0.1, -0.05) is 24.3 Å². The summed E-state index contributed by atoms with van der Waals surface area (Å²) < 4.78 is 0. The number of benzene rings is 1. The zero-order chi connectivity index (χ0) is 12.3. The van der Waals surface area contributed by atoms with Crippen LogP contribution in [0.1, 0.15) is 19.5 Å². The van der Waals surface area contributed by atoms with E-state index in [1.54, 1.807) is 0 Å². The lowest BCUT2D eigenvalue weighted by molar-refractivity contribution is 0.790. The molecule has 0 saturated heterocycles. The number of rotatable bonds is 4. The topological polar surface area (TPSA) is 37.0 Å². The van der Waals surface area contributed by atoms with Crippen molar-refractivity contribution < 1.29 is 0 Å². The van der Waals surface area contributed by atoms with E-state index in [0.29, 0.717) is 6.04 Å². The second-order valence-corrected chi connectivity index (χ2v) is 4.51. The van der Waals surface area contributed by atoms with Crippen molar-refractivity contribution in [2.45, 2.75) is 26.4 Å². The fraction of sp³-hybridized carbons (Fsp3) is 0.357. The van der Waals surface area contributed by atoms with Crippen LogP contribution >= 0.6 is 0 Å². The first-order chi connectivity index (χ1) is 8.20. The van der Waals surface area contributed by atoms with E-state index in [1.807, 2.05) is 13.1 Å². The van der Waals surface area contributed by atoms with Gasteiger partial charge in [0.25, 0.3) is 0 Å². The number of fused-ring (bicyclic) bond motifs is 1. The van der Waals surface area contributed by atoms with Gasteiger partial charge in [-0.15, -0.1) is 0 Å². The van der Waals surface area contributed by atoms with Gasteiger partial charge in [-0.05, 0) is 32.3 Å². The molecule has 1 heterocycles. The first kappa shape index (κ1) is 11.9. The number of aromatic nitrogens is 1. The van der Waals surface area contributed by atoms with E-state index < -0.39 is 0 Å². The average Bonchev–Trinajstić information content (AvgIpc) is 2.29. The molecule has 0 amide bonds. The third-order valence-corrected chi connectivity index (χ3v) is 2.58.